The molecular formula is C22H31ClO2S. The van der Waals surface area contributed by atoms with Crippen LogP contribution in [0.15, 0.2) is 40.0 Å². The molecule has 0 unspecified atom stereocenters. The van der Waals surface area contributed by atoms with Crippen molar-refractivity contribution in [2.75, 3.05) is 5.75 Å². The van der Waals surface area contributed by atoms with Crippen molar-refractivity contribution < 1.29 is 10.2 Å². The molecule has 144 valence electrons. The first-order valence-corrected chi connectivity index (χ1v) is 10.5. The number of rotatable bonds is 9. The van der Waals surface area contributed by atoms with Gasteiger partial charge in [0.2, 0.25) is 0 Å². The number of aliphatic hydroxyl groups excluding tert-OH is 1. The van der Waals surface area contributed by atoms with Crippen molar-refractivity contribution in [1.82, 2.24) is 0 Å². The number of hydrogen-bond donors (Lipinski definition) is 2. The predicted octanol–water partition coefficient (Wildman–Crippen LogP) is 7.67. The third-order valence-corrected chi connectivity index (χ3v) is 5.93. The van der Waals surface area contributed by atoms with Crippen molar-refractivity contribution in [3.63, 3.8) is 0 Å². The van der Waals surface area contributed by atoms with E-state index in [1.54, 1.807) is 11.8 Å². The summed E-state index contributed by atoms with van der Waals surface area (Å²) in [6.45, 7) is 13.9. The van der Waals surface area contributed by atoms with Gasteiger partial charge in [0.15, 0.2) is 0 Å². The van der Waals surface area contributed by atoms with E-state index in [0.29, 0.717) is 11.1 Å². The zero-order valence-corrected chi connectivity index (χ0v) is 18.2. The van der Waals surface area contributed by atoms with E-state index in [1.807, 2.05) is 26.8 Å². The highest BCUT2D eigenvalue weighted by atomic mass is 35.5. The van der Waals surface area contributed by atoms with Crippen molar-refractivity contribution in [1.29, 1.82) is 0 Å². The van der Waals surface area contributed by atoms with E-state index < -0.39 is 0 Å². The lowest BCUT2D eigenvalue weighted by molar-refractivity contribution is 0.431. The van der Waals surface area contributed by atoms with Crippen molar-refractivity contribution in [3.8, 4) is 5.75 Å². The quantitative estimate of drug-likeness (QED) is 0.195. The summed E-state index contributed by atoms with van der Waals surface area (Å²) in [6.07, 6.45) is 5.39. The van der Waals surface area contributed by atoms with Gasteiger partial charge in [-0.3, -0.25) is 0 Å². The largest absolute Gasteiger partial charge is 0.506 e. The zero-order valence-electron chi connectivity index (χ0n) is 16.6. The van der Waals surface area contributed by atoms with Gasteiger partial charge in [0.05, 0.1) is 9.93 Å². The second-order valence-electron chi connectivity index (χ2n) is 6.55. The van der Waals surface area contributed by atoms with Gasteiger partial charge in [0.1, 0.15) is 11.5 Å². The number of allylic oxidation sites excluding steroid dienone is 4. The molecule has 0 aromatic heterocycles. The normalized spacial score (nSPS) is 13.3. The molecule has 1 aromatic carbocycles. The number of halogens is 1. The standard InChI is InChI=1S/C22H31ClO2S/c1-7-10-12-26-18-13-15(5)16(6)20(22(18)25)19(14(4)11-8-2)21(24)17(23)9-3/h9,13,24-25H,3,7-8,10-12H2,1-2,4-6H3/b19-14-,21-17-. The Kier molecular flexibility index (Phi) is 9.38. The Morgan fingerprint density at radius 3 is 2.46 bits per heavy atom. The summed E-state index contributed by atoms with van der Waals surface area (Å²) in [5.74, 6) is 1.15. The number of benzene rings is 1. The van der Waals surface area contributed by atoms with Crippen molar-refractivity contribution in [2.45, 2.75) is 65.2 Å². The van der Waals surface area contributed by atoms with Crippen LogP contribution in [0.3, 0.4) is 0 Å². The molecule has 26 heavy (non-hydrogen) atoms. The Labute approximate surface area is 167 Å². The lowest BCUT2D eigenvalue weighted by atomic mass is 9.90. The molecule has 0 amide bonds. The average molecular weight is 395 g/mol. The fourth-order valence-electron chi connectivity index (χ4n) is 2.86. The average Bonchev–Trinajstić information content (AvgIpc) is 2.61. The molecule has 0 aliphatic heterocycles. The molecule has 0 fully saturated rings. The number of aryl methyl sites for hydroxylation is 1. The molecule has 1 aromatic rings. The summed E-state index contributed by atoms with van der Waals surface area (Å²) in [5, 5.41) is 22.0. The Bertz CT molecular complexity index is 717. The molecule has 0 aliphatic rings. The minimum absolute atomic E-state index is 0.0267. The van der Waals surface area contributed by atoms with Gasteiger partial charge < -0.3 is 10.2 Å². The maximum Gasteiger partial charge on any atom is 0.142 e. The highest BCUT2D eigenvalue weighted by Crippen LogP contribution is 2.43. The monoisotopic (exact) mass is 394 g/mol. The van der Waals surface area contributed by atoms with Crippen molar-refractivity contribution in [2.24, 2.45) is 0 Å². The number of aromatic hydroxyl groups is 1. The smallest absolute Gasteiger partial charge is 0.142 e. The second-order valence-corrected chi connectivity index (χ2v) is 8.09. The van der Waals surface area contributed by atoms with Gasteiger partial charge in [-0.15, -0.1) is 11.8 Å². The van der Waals surface area contributed by atoms with Gasteiger partial charge in [-0.2, -0.15) is 0 Å². The van der Waals surface area contributed by atoms with Gasteiger partial charge in [0, 0.05) is 11.1 Å². The van der Waals surface area contributed by atoms with Crippen LogP contribution < -0.4 is 0 Å². The molecule has 0 saturated heterocycles. The Balaban J connectivity index is 3.70. The summed E-state index contributed by atoms with van der Waals surface area (Å²) in [5.41, 5.74) is 4.33. The van der Waals surface area contributed by atoms with Crippen LogP contribution >= 0.6 is 23.4 Å². The van der Waals surface area contributed by atoms with Crippen LogP contribution in [0.25, 0.3) is 5.57 Å². The van der Waals surface area contributed by atoms with Crippen LogP contribution in [0.5, 0.6) is 5.75 Å². The molecule has 4 heteroatoms. The minimum atomic E-state index is -0.0267. The third kappa shape index (κ3) is 5.34. The van der Waals surface area contributed by atoms with Crippen LogP contribution in [0.4, 0.5) is 0 Å². The predicted molar refractivity (Wildman–Crippen MR) is 116 cm³/mol. The van der Waals surface area contributed by atoms with E-state index >= 15 is 0 Å². The first kappa shape index (κ1) is 22.7. The minimum Gasteiger partial charge on any atom is -0.506 e. The SMILES string of the molecule is C=C/C(Cl)=C(O)\C(=C(\C)CCC)c1c(C)c(C)cc(SCCCC)c1O. The van der Waals surface area contributed by atoms with Gasteiger partial charge in [-0.05, 0) is 62.6 Å². The lowest BCUT2D eigenvalue weighted by Crippen LogP contribution is -2.01. The molecule has 0 atom stereocenters. The topological polar surface area (TPSA) is 40.5 Å². The Morgan fingerprint density at radius 2 is 1.92 bits per heavy atom. The van der Waals surface area contributed by atoms with E-state index in [1.165, 1.54) is 6.08 Å². The van der Waals surface area contributed by atoms with Gasteiger partial charge in [-0.1, -0.05) is 50.4 Å². The maximum atomic E-state index is 11.0. The van der Waals surface area contributed by atoms with E-state index in [9.17, 15) is 10.2 Å². The summed E-state index contributed by atoms with van der Waals surface area (Å²) >= 11 is 7.84. The van der Waals surface area contributed by atoms with E-state index in [4.69, 9.17) is 11.6 Å². The first-order chi connectivity index (χ1) is 12.3. The fourth-order valence-corrected chi connectivity index (χ4v) is 4.11. The molecule has 1 rings (SSSR count). The van der Waals surface area contributed by atoms with Crippen LogP contribution in [0.2, 0.25) is 0 Å². The number of thioether (sulfide) groups is 1. The molecule has 2 N–H and O–H groups in total. The van der Waals surface area contributed by atoms with E-state index in [-0.39, 0.29) is 16.5 Å². The summed E-state index contributed by atoms with van der Waals surface area (Å²) in [4.78, 5) is 0.848. The number of phenols is 1. The van der Waals surface area contributed by atoms with Crippen LogP contribution in [-0.4, -0.2) is 16.0 Å². The number of phenolic OH excluding ortho intramolecular Hbond substituents is 1. The van der Waals surface area contributed by atoms with Gasteiger partial charge in [-0.25, -0.2) is 0 Å². The highest BCUT2D eigenvalue weighted by molar-refractivity contribution is 7.99. The molecule has 0 radical (unpaired) electrons. The number of aliphatic hydroxyl groups is 1. The molecule has 0 saturated carbocycles. The molecular weight excluding hydrogens is 364 g/mol. The van der Waals surface area contributed by atoms with Crippen LogP contribution in [-0.2, 0) is 0 Å². The molecule has 0 heterocycles. The van der Waals surface area contributed by atoms with Crippen molar-refractivity contribution >= 4 is 28.9 Å². The maximum absolute atomic E-state index is 11.0. The van der Waals surface area contributed by atoms with Crippen molar-refractivity contribution in [3.05, 3.63) is 51.8 Å². The third-order valence-electron chi connectivity index (χ3n) is 4.48. The summed E-state index contributed by atoms with van der Waals surface area (Å²) in [6, 6.07) is 2.02. The van der Waals surface area contributed by atoms with Gasteiger partial charge >= 0.3 is 0 Å². The zero-order chi connectivity index (χ0) is 19.9. The Hall–Kier alpha value is -1.32. The fraction of sp³-hybridized carbons (Fsp3) is 0.455. The van der Waals surface area contributed by atoms with Crippen LogP contribution in [0, 0.1) is 13.8 Å². The summed E-state index contributed by atoms with van der Waals surface area (Å²) < 4.78 is 0. The second kappa shape index (κ2) is 10.7. The molecule has 0 bridgehead atoms. The number of unbranched alkanes of at least 4 members (excludes halogenated alkanes) is 1. The number of hydrogen-bond acceptors (Lipinski definition) is 3. The van der Waals surface area contributed by atoms with Crippen LogP contribution in [0.1, 0.15) is 63.1 Å². The van der Waals surface area contributed by atoms with E-state index in [2.05, 4.69) is 20.4 Å². The molecule has 2 nitrogen and oxygen atoms in total. The highest BCUT2D eigenvalue weighted by Gasteiger charge is 2.22. The summed E-state index contributed by atoms with van der Waals surface area (Å²) in [7, 11) is 0. The lowest BCUT2D eigenvalue weighted by Gasteiger charge is -2.20. The van der Waals surface area contributed by atoms with E-state index in [0.717, 1.165) is 53.0 Å². The first-order valence-electron chi connectivity index (χ1n) is 9.17. The Morgan fingerprint density at radius 1 is 1.27 bits per heavy atom. The molecule has 0 aliphatic carbocycles. The van der Waals surface area contributed by atoms with Gasteiger partial charge in [0.25, 0.3) is 0 Å². The molecule has 0 spiro atoms.